The summed E-state index contributed by atoms with van der Waals surface area (Å²) < 4.78 is 18.2. The van der Waals surface area contributed by atoms with Crippen molar-refractivity contribution in [3.63, 3.8) is 0 Å². The van der Waals surface area contributed by atoms with E-state index in [1.807, 2.05) is 0 Å². The number of rotatable bonds is 8. The van der Waals surface area contributed by atoms with Crippen molar-refractivity contribution in [1.82, 2.24) is 15.2 Å². The Hall–Kier alpha value is -2.74. The minimum Gasteiger partial charge on any atom is -0.455 e. The molecule has 0 fully saturated rings. The third kappa shape index (κ3) is 6.70. The maximum Gasteiger partial charge on any atom is 0.322 e. The predicted molar refractivity (Wildman–Crippen MR) is 84.5 cm³/mol. The number of allylic oxidation sites excluding steroid dienone is 1. The van der Waals surface area contributed by atoms with Gasteiger partial charge in [-0.25, -0.2) is 14.2 Å². The summed E-state index contributed by atoms with van der Waals surface area (Å²) >= 11 is 0. The molecule has 0 saturated heterocycles. The van der Waals surface area contributed by atoms with Gasteiger partial charge in [-0.15, -0.1) is 0 Å². The van der Waals surface area contributed by atoms with Crippen molar-refractivity contribution in [2.75, 3.05) is 20.2 Å². The van der Waals surface area contributed by atoms with Crippen molar-refractivity contribution in [3.05, 3.63) is 49.0 Å². The van der Waals surface area contributed by atoms with Crippen molar-refractivity contribution in [1.29, 1.82) is 0 Å². The van der Waals surface area contributed by atoms with Gasteiger partial charge in [0.15, 0.2) is 0 Å². The first kappa shape index (κ1) is 18.3. The first-order valence-electron chi connectivity index (χ1n) is 6.76. The van der Waals surface area contributed by atoms with E-state index in [4.69, 9.17) is 9.84 Å². The van der Waals surface area contributed by atoms with E-state index < -0.39 is 11.8 Å². The van der Waals surface area contributed by atoms with Crippen molar-refractivity contribution < 1.29 is 19.0 Å². The molecule has 0 aliphatic rings. The number of pyridine rings is 1. The Kier molecular flexibility index (Phi) is 7.41. The summed E-state index contributed by atoms with van der Waals surface area (Å²) in [5.74, 6) is -0.0562. The summed E-state index contributed by atoms with van der Waals surface area (Å²) in [5, 5.41) is 11.2. The molecule has 1 aromatic heterocycles. The number of aliphatic hydroxyl groups is 1. The van der Waals surface area contributed by atoms with Crippen molar-refractivity contribution in [2.24, 2.45) is 4.99 Å². The van der Waals surface area contributed by atoms with E-state index in [0.717, 1.165) is 12.3 Å². The zero-order valence-electron chi connectivity index (χ0n) is 12.8. The van der Waals surface area contributed by atoms with E-state index in [-0.39, 0.29) is 23.9 Å². The molecule has 0 spiro atoms. The number of carbonyl (C=O) groups excluding carboxylic acids is 1. The monoisotopic (exact) mass is 322 g/mol. The van der Waals surface area contributed by atoms with E-state index in [2.05, 4.69) is 28.5 Å². The highest BCUT2D eigenvalue weighted by atomic mass is 19.1. The van der Waals surface area contributed by atoms with Crippen LogP contribution in [0.1, 0.15) is 6.42 Å². The first-order chi connectivity index (χ1) is 10.9. The highest BCUT2D eigenvalue weighted by Crippen LogP contribution is 2.12. The lowest BCUT2D eigenvalue weighted by atomic mass is 10.4. The van der Waals surface area contributed by atoms with Gasteiger partial charge in [0.1, 0.15) is 23.1 Å². The number of aliphatic imine (C=N–C) groups is 1. The number of urea groups is 1. The number of nitrogens with one attached hydrogen (secondary N) is 1. The minimum atomic E-state index is -0.532. The number of amides is 2. The average molecular weight is 322 g/mol. The van der Waals surface area contributed by atoms with Crippen LogP contribution in [0.2, 0.25) is 0 Å². The van der Waals surface area contributed by atoms with Crippen LogP contribution in [-0.2, 0) is 0 Å². The average Bonchev–Trinajstić information content (AvgIpc) is 2.52. The van der Waals surface area contributed by atoms with Gasteiger partial charge in [0, 0.05) is 26.3 Å². The number of hydrogen-bond acceptors (Lipinski definition) is 5. The van der Waals surface area contributed by atoms with Gasteiger partial charge in [0.25, 0.3) is 0 Å². The maximum atomic E-state index is 13.0. The molecular formula is C15H19FN4O3. The SMILES string of the molecule is C=C(/C=N\C(=C)N(C)C(=O)NCCCO)Oc1cncc(F)c1. The quantitative estimate of drug-likeness (QED) is 0.433. The molecule has 0 saturated carbocycles. The third-order valence-electron chi connectivity index (χ3n) is 2.59. The number of carbonyl (C=O) groups is 1. The number of nitrogens with zero attached hydrogens (tertiary/aromatic N) is 3. The van der Waals surface area contributed by atoms with Crippen LogP contribution in [0.4, 0.5) is 9.18 Å². The molecule has 0 atom stereocenters. The highest BCUT2D eigenvalue weighted by Gasteiger charge is 2.10. The summed E-state index contributed by atoms with van der Waals surface area (Å²) in [4.78, 5) is 20.5. The van der Waals surface area contributed by atoms with Gasteiger partial charge in [-0.05, 0) is 6.42 Å². The predicted octanol–water partition coefficient (Wildman–Crippen LogP) is 1.68. The number of hydrogen-bond donors (Lipinski definition) is 2. The second-order valence-electron chi connectivity index (χ2n) is 4.45. The van der Waals surface area contributed by atoms with E-state index in [9.17, 15) is 9.18 Å². The Morgan fingerprint density at radius 1 is 1.57 bits per heavy atom. The second-order valence-corrected chi connectivity index (χ2v) is 4.45. The molecule has 0 radical (unpaired) electrons. The smallest absolute Gasteiger partial charge is 0.322 e. The third-order valence-corrected chi connectivity index (χ3v) is 2.59. The lowest BCUT2D eigenvalue weighted by Crippen LogP contribution is -2.36. The first-order valence-corrected chi connectivity index (χ1v) is 6.76. The summed E-state index contributed by atoms with van der Waals surface area (Å²) in [6.07, 6.45) is 4.10. The zero-order valence-corrected chi connectivity index (χ0v) is 12.8. The van der Waals surface area contributed by atoms with Crippen molar-refractivity contribution in [2.45, 2.75) is 6.42 Å². The van der Waals surface area contributed by atoms with Gasteiger partial charge in [-0.3, -0.25) is 9.88 Å². The van der Waals surface area contributed by atoms with Crippen LogP contribution in [-0.4, -0.2) is 47.4 Å². The van der Waals surface area contributed by atoms with Crippen molar-refractivity contribution >= 4 is 12.2 Å². The van der Waals surface area contributed by atoms with Gasteiger partial charge in [0.05, 0.1) is 18.6 Å². The van der Waals surface area contributed by atoms with Crippen LogP contribution in [0.25, 0.3) is 0 Å². The summed E-state index contributed by atoms with van der Waals surface area (Å²) in [6.45, 7) is 7.59. The molecule has 2 amide bonds. The minimum absolute atomic E-state index is 0.00477. The lowest BCUT2D eigenvalue weighted by molar-refractivity contribution is 0.217. The van der Waals surface area contributed by atoms with Gasteiger partial charge in [-0.1, -0.05) is 13.2 Å². The van der Waals surface area contributed by atoms with Gasteiger partial charge < -0.3 is 15.2 Å². The fraction of sp³-hybridized carbons (Fsp3) is 0.267. The van der Waals surface area contributed by atoms with E-state index in [0.29, 0.717) is 13.0 Å². The zero-order chi connectivity index (χ0) is 17.2. The molecular weight excluding hydrogens is 303 g/mol. The number of ether oxygens (including phenoxy) is 1. The molecule has 124 valence electrons. The molecule has 2 N–H and O–H groups in total. The van der Waals surface area contributed by atoms with Gasteiger partial charge in [-0.2, -0.15) is 0 Å². The Balaban J connectivity index is 2.50. The molecule has 1 heterocycles. The standard InChI is InChI=1S/C15H19FN4O3/c1-11(23-14-7-13(16)9-17-10-14)8-19-12(2)20(3)15(22)18-5-4-6-21/h7-10,21H,1-2,4-6H2,3H3,(H,18,22)/b19-8-. The largest absolute Gasteiger partial charge is 0.455 e. The molecule has 1 rings (SSSR count). The van der Waals surface area contributed by atoms with Crippen LogP contribution in [0.5, 0.6) is 5.75 Å². The Morgan fingerprint density at radius 2 is 2.30 bits per heavy atom. The number of aromatic nitrogens is 1. The van der Waals surface area contributed by atoms with Gasteiger partial charge >= 0.3 is 6.03 Å². The molecule has 7 nitrogen and oxygen atoms in total. The topological polar surface area (TPSA) is 87.1 Å². The highest BCUT2D eigenvalue weighted by molar-refractivity contribution is 5.79. The molecule has 0 aliphatic heterocycles. The molecule has 8 heteroatoms. The summed E-state index contributed by atoms with van der Waals surface area (Å²) in [7, 11) is 1.49. The van der Waals surface area contributed by atoms with Crippen LogP contribution in [0, 0.1) is 5.82 Å². The normalized spacial score (nSPS) is 10.4. The van der Waals surface area contributed by atoms with E-state index >= 15 is 0 Å². The molecule has 0 aromatic carbocycles. The maximum absolute atomic E-state index is 13.0. The Labute approximate surface area is 133 Å². The van der Waals surface area contributed by atoms with E-state index in [1.165, 1.54) is 24.4 Å². The van der Waals surface area contributed by atoms with Crippen LogP contribution in [0.3, 0.4) is 0 Å². The van der Waals surface area contributed by atoms with Crippen LogP contribution >= 0.6 is 0 Å². The number of halogens is 1. The Morgan fingerprint density at radius 3 is 2.96 bits per heavy atom. The van der Waals surface area contributed by atoms with Gasteiger partial charge in [0.2, 0.25) is 0 Å². The fourth-order valence-corrected chi connectivity index (χ4v) is 1.37. The molecule has 0 unspecified atom stereocenters. The summed E-state index contributed by atoms with van der Waals surface area (Å²) in [5.41, 5.74) is 0. The van der Waals surface area contributed by atoms with Crippen LogP contribution < -0.4 is 10.1 Å². The fourth-order valence-electron chi connectivity index (χ4n) is 1.37. The second kappa shape index (κ2) is 9.31. The molecule has 0 bridgehead atoms. The van der Waals surface area contributed by atoms with Crippen molar-refractivity contribution in [3.8, 4) is 5.75 Å². The molecule has 0 aliphatic carbocycles. The van der Waals surface area contributed by atoms with Crippen LogP contribution in [0.15, 0.2) is 48.2 Å². The van der Waals surface area contributed by atoms with E-state index in [1.54, 1.807) is 0 Å². The molecule has 23 heavy (non-hydrogen) atoms. The number of aliphatic hydroxyl groups excluding tert-OH is 1. The molecule has 1 aromatic rings. The Bertz CT molecular complexity index is 604. The summed E-state index contributed by atoms with van der Waals surface area (Å²) in [6, 6.07) is 0.753. The lowest BCUT2D eigenvalue weighted by Gasteiger charge is -2.17.